The van der Waals surface area contributed by atoms with Gasteiger partial charge in [-0.25, -0.2) is 0 Å². The van der Waals surface area contributed by atoms with Crippen molar-refractivity contribution in [1.82, 2.24) is 0 Å². The first-order valence-corrected chi connectivity index (χ1v) is 7.85. The van der Waals surface area contributed by atoms with Gasteiger partial charge in [-0.1, -0.05) is 33.6 Å². The third-order valence-corrected chi connectivity index (χ3v) is 6.25. The minimum atomic E-state index is -0.492. The summed E-state index contributed by atoms with van der Waals surface area (Å²) < 4.78 is 0. The van der Waals surface area contributed by atoms with Gasteiger partial charge in [-0.05, 0) is 49.9 Å². The van der Waals surface area contributed by atoms with E-state index in [0.717, 1.165) is 43.9 Å². The van der Waals surface area contributed by atoms with Gasteiger partial charge in [-0.15, -0.1) is 0 Å². The van der Waals surface area contributed by atoms with Crippen molar-refractivity contribution in [3.05, 3.63) is 0 Å². The quantitative estimate of drug-likeness (QED) is 0.793. The summed E-state index contributed by atoms with van der Waals surface area (Å²) in [6, 6.07) is 0. The molecule has 0 bridgehead atoms. The third-order valence-electron chi connectivity index (χ3n) is 6.25. The van der Waals surface area contributed by atoms with E-state index in [1.807, 2.05) is 0 Å². The number of rotatable bonds is 2. The van der Waals surface area contributed by atoms with Gasteiger partial charge in [-0.3, -0.25) is 0 Å². The fourth-order valence-electron chi connectivity index (χ4n) is 4.24. The van der Waals surface area contributed by atoms with Crippen molar-refractivity contribution in [2.24, 2.45) is 28.9 Å². The minimum absolute atomic E-state index is 0.00785. The van der Waals surface area contributed by atoms with Crippen LogP contribution >= 0.6 is 0 Å². The van der Waals surface area contributed by atoms with E-state index in [4.69, 9.17) is 5.73 Å². The van der Waals surface area contributed by atoms with Crippen LogP contribution in [0.3, 0.4) is 0 Å². The Morgan fingerprint density at radius 2 is 1.61 bits per heavy atom. The van der Waals surface area contributed by atoms with Crippen LogP contribution in [0, 0.1) is 23.2 Å². The van der Waals surface area contributed by atoms with Crippen LogP contribution < -0.4 is 5.73 Å². The van der Waals surface area contributed by atoms with E-state index < -0.39 is 5.60 Å². The number of nitrogens with two attached hydrogens (primary N) is 1. The Morgan fingerprint density at radius 3 is 2.11 bits per heavy atom. The van der Waals surface area contributed by atoms with Crippen molar-refractivity contribution in [2.45, 2.75) is 71.3 Å². The number of hydrogen-bond acceptors (Lipinski definition) is 2. The van der Waals surface area contributed by atoms with E-state index in [0.29, 0.717) is 12.5 Å². The average molecular weight is 253 g/mol. The second-order valence-corrected chi connectivity index (χ2v) is 7.40. The fraction of sp³-hybridized carbons (Fsp3) is 1.00. The van der Waals surface area contributed by atoms with E-state index in [9.17, 15) is 5.11 Å². The molecule has 3 atom stereocenters. The molecule has 0 saturated heterocycles. The molecule has 2 aliphatic rings. The first kappa shape index (κ1) is 14.3. The molecule has 2 aliphatic carbocycles. The average Bonchev–Trinajstić information content (AvgIpc) is 2.35. The van der Waals surface area contributed by atoms with Gasteiger partial charge in [0.2, 0.25) is 0 Å². The van der Waals surface area contributed by atoms with E-state index in [1.54, 1.807) is 0 Å². The largest absolute Gasteiger partial charge is 0.389 e. The maximum absolute atomic E-state index is 11.2. The van der Waals surface area contributed by atoms with Gasteiger partial charge in [-0.2, -0.15) is 0 Å². The Bertz CT molecular complexity index is 283. The van der Waals surface area contributed by atoms with Gasteiger partial charge in [0.1, 0.15) is 0 Å². The molecular weight excluding hydrogens is 222 g/mol. The molecule has 2 fully saturated rings. The Kier molecular flexibility index (Phi) is 4.08. The lowest BCUT2D eigenvalue weighted by molar-refractivity contribution is -0.142. The molecule has 0 aromatic rings. The second kappa shape index (κ2) is 5.13. The Morgan fingerprint density at radius 1 is 1.00 bits per heavy atom. The first-order valence-electron chi connectivity index (χ1n) is 7.85. The summed E-state index contributed by atoms with van der Waals surface area (Å²) >= 11 is 0. The molecule has 2 rings (SSSR count). The van der Waals surface area contributed by atoms with Crippen LogP contribution in [-0.4, -0.2) is 17.3 Å². The van der Waals surface area contributed by atoms with Crippen LogP contribution in [0.1, 0.15) is 65.7 Å². The fourth-order valence-corrected chi connectivity index (χ4v) is 4.24. The zero-order valence-electron chi connectivity index (χ0n) is 12.4. The highest BCUT2D eigenvalue weighted by Gasteiger charge is 2.52. The van der Waals surface area contributed by atoms with Crippen LogP contribution in [0.15, 0.2) is 0 Å². The van der Waals surface area contributed by atoms with E-state index in [-0.39, 0.29) is 5.41 Å². The minimum Gasteiger partial charge on any atom is -0.389 e. The molecule has 18 heavy (non-hydrogen) atoms. The monoisotopic (exact) mass is 253 g/mol. The molecule has 0 aromatic heterocycles. The molecule has 2 saturated carbocycles. The van der Waals surface area contributed by atoms with Gasteiger partial charge >= 0.3 is 0 Å². The van der Waals surface area contributed by atoms with Crippen LogP contribution in [-0.2, 0) is 0 Å². The van der Waals surface area contributed by atoms with Gasteiger partial charge in [0, 0.05) is 12.0 Å². The summed E-state index contributed by atoms with van der Waals surface area (Å²) in [6.07, 6.45) is 7.82. The predicted molar refractivity (Wildman–Crippen MR) is 76.2 cm³/mol. The smallest absolute Gasteiger partial charge is 0.0718 e. The number of aliphatic hydroxyl groups is 1. The zero-order chi connectivity index (χ0) is 13.4. The molecule has 106 valence electrons. The Balaban J connectivity index is 2.16. The van der Waals surface area contributed by atoms with Gasteiger partial charge in [0.05, 0.1) is 5.60 Å². The molecule has 0 heterocycles. The highest BCUT2D eigenvalue weighted by molar-refractivity contribution is 5.04. The molecule has 2 nitrogen and oxygen atoms in total. The molecule has 2 heteroatoms. The van der Waals surface area contributed by atoms with E-state index >= 15 is 0 Å². The molecule has 0 aliphatic heterocycles. The standard InChI is InChI=1S/C16H31NO/c1-12-4-7-15(11-17,8-5-12)16(18)9-6-13(2)14(3)10-16/h12-14,18H,4-11,17H2,1-3H3. The molecular formula is C16H31NO. The normalized spacial score (nSPS) is 50.2. The van der Waals surface area contributed by atoms with Crippen molar-refractivity contribution in [1.29, 1.82) is 0 Å². The molecule has 0 amide bonds. The summed E-state index contributed by atoms with van der Waals surface area (Å²) in [4.78, 5) is 0. The lowest BCUT2D eigenvalue weighted by atomic mass is 9.55. The van der Waals surface area contributed by atoms with Crippen LogP contribution in [0.2, 0.25) is 0 Å². The maximum atomic E-state index is 11.2. The second-order valence-electron chi connectivity index (χ2n) is 7.40. The van der Waals surface area contributed by atoms with Gasteiger partial charge < -0.3 is 10.8 Å². The van der Waals surface area contributed by atoms with E-state index in [2.05, 4.69) is 20.8 Å². The summed E-state index contributed by atoms with van der Waals surface area (Å²) in [5.41, 5.74) is 5.64. The summed E-state index contributed by atoms with van der Waals surface area (Å²) in [7, 11) is 0. The van der Waals surface area contributed by atoms with Gasteiger partial charge in [0.25, 0.3) is 0 Å². The Labute approximate surface area is 112 Å². The lowest BCUT2D eigenvalue weighted by Crippen LogP contribution is -2.57. The zero-order valence-corrected chi connectivity index (χ0v) is 12.4. The van der Waals surface area contributed by atoms with Crippen molar-refractivity contribution in [3.8, 4) is 0 Å². The van der Waals surface area contributed by atoms with Gasteiger partial charge in [0.15, 0.2) is 0 Å². The summed E-state index contributed by atoms with van der Waals surface area (Å²) in [5, 5.41) is 11.2. The molecule has 0 aromatic carbocycles. The van der Waals surface area contributed by atoms with Crippen molar-refractivity contribution < 1.29 is 5.11 Å². The third kappa shape index (κ3) is 2.34. The highest BCUT2D eigenvalue weighted by atomic mass is 16.3. The molecule has 3 unspecified atom stereocenters. The predicted octanol–water partition coefficient (Wildman–Crippen LogP) is 3.33. The topological polar surface area (TPSA) is 46.2 Å². The van der Waals surface area contributed by atoms with E-state index in [1.165, 1.54) is 12.8 Å². The van der Waals surface area contributed by atoms with Crippen molar-refractivity contribution >= 4 is 0 Å². The molecule has 0 radical (unpaired) electrons. The number of hydrogen-bond donors (Lipinski definition) is 2. The van der Waals surface area contributed by atoms with Crippen LogP contribution in [0.25, 0.3) is 0 Å². The maximum Gasteiger partial charge on any atom is 0.0718 e. The lowest BCUT2D eigenvalue weighted by Gasteiger charge is -2.54. The summed E-state index contributed by atoms with van der Waals surface area (Å²) in [5.74, 6) is 2.20. The van der Waals surface area contributed by atoms with Crippen molar-refractivity contribution in [2.75, 3.05) is 6.54 Å². The van der Waals surface area contributed by atoms with Crippen molar-refractivity contribution in [3.63, 3.8) is 0 Å². The van der Waals surface area contributed by atoms with Crippen LogP contribution in [0.4, 0.5) is 0 Å². The Hall–Kier alpha value is -0.0800. The molecule has 0 spiro atoms. The SMILES string of the molecule is CC1CCC(CN)(C2(O)CCC(C)C(C)C2)CC1. The van der Waals surface area contributed by atoms with Crippen LogP contribution in [0.5, 0.6) is 0 Å². The summed E-state index contributed by atoms with van der Waals surface area (Å²) in [6.45, 7) is 7.61. The highest BCUT2D eigenvalue weighted by Crippen LogP contribution is 2.53. The first-order chi connectivity index (χ1) is 8.42. The molecule has 3 N–H and O–H groups in total.